The van der Waals surface area contributed by atoms with Crippen molar-refractivity contribution in [2.24, 2.45) is 5.73 Å². The first-order valence-electron chi connectivity index (χ1n) is 11.1. The second-order valence-corrected chi connectivity index (χ2v) is 8.87. The number of phenols is 1. The van der Waals surface area contributed by atoms with E-state index in [1.165, 1.54) is 0 Å². The monoisotopic (exact) mass is 521 g/mol. The Hall–Kier alpha value is -3.78. The maximum atomic E-state index is 9.83. The van der Waals surface area contributed by atoms with Gasteiger partial charge in [0, 0.05) is 29.3 Å². The van der Waals surface area contributed by atoms with Crippen LogP contribution in [0.3, 0.4) is 0 Å². The van der Waals surface area contributed by atoms with E-state index in [0.29, 0.717) is 32.6 Å². The molecule has 0 aliphatic carbocycles. The van der Waals surface area contributed by atoms with Gasteiger partial charge >= 0.3 is 0 Å². The van der Waals surface area contributed by atoms with E-state index in [1.54, 1.807) is 30.3 Å². The number of hydrogen-bond acceptors (Lipinski definition) is 7. The quantitative estimate of drug-likeness (QED) is 0.239. The molecule has 0 radical (unpaired) electrons. The largest absolute Gasteiger partial charge is 0.508 e. The van der Waals surface area contributed by atoms with Gasteiger partial charge in [-0.2, -0.15) is 0 Å². The van der Waals surface area contributed by atoms with Gasteiger partial charge in [0.1, 0.15) is 41.5 Å². The van der Waals surface area contributed by atoms with Gasteiger partial charge in [-0.05, 0) is 51.8 Å². The van der Waals surface area contributed by atoms with Crippen molar-refractivity contribution in [2.45, 2.75) is 19.8 Å². The number of aromatic nitrogens is 2. The Kier molecular flexibility index (Phi) is 6.95. The molecule has 9 heteroatoms. The van der Waals surface area contributed by atoms with E-state index in [4.69, 9.17) is 43.0 Å². The summed E-state index contributed by atoms with van der Waals surface area (Å²) in [6.07, 6.45) is 0. The molecular formula is C27H21Cl2N3O4. The van der Waals surface area contributed by atoms with Crippen molar-refractivity contribution < 1.29 is 19.2 Å². The SMILES string of the molecule is NCc1cc(Cl)c(OCc2cccc(-c3cccc(O)c3)c2Cl)cc1OCc1ccc2nonc2c1. The number of fused-ring (bicyclic) bond motifs is 1. The first-order chi connectivity index (χ1) is 17.5. The molecule has 0 spiro atoms. The summed E-state index contributed by atoms with van der Waals surface area (Å²) in [6, 6.07) is 21.6. The van der Waals surface area contributed by atoms with Gasteiger partial charge in [0.15, 0.2) is 0 Å². The van der Waals surface area contributed by atoms with E-state index in [2.05, 4.69) is 10.3 Å². The third-order valence-corrected chi connectivity index (χ3v) is 6.41. The maximum absolute atomic E-state index is 9.83. The average Bonchev–Trinajstić information content (AvgIpc) is 3.35. The summed E-state index contributed by atoms with van der Waals surface area (Å²) in [5.74, 6) is 1.18. The number of ether oxygens (including phenoxy) is 2. The van der Waals surface area contributed by atoms with Crippen LogP contribution in [0.2, 0.25) is 10.0 Å². The molecule has 7 nitrogen and oxygen atoms in total. The third kappa shape index (κ3) is 5.09. The lowest BCUT2D eigenvalue weighted by Crippen LogP contribution is -2.05. The van der Waals surface area contributed by atoms with E-state index >= 15 is 0 Å². The van der Waals surface area contributed by atoms with Crippen LogP contribution >= 0.6 is 23.2 Å². The van der Waals surface area contributed by atoms with Crippen LogP contribution in [0.5, 0.6) is 17.2 Å². The van der Waals surface area contributed by atoms with Crippen molar-refractivity contribution in [2.75, 3.05) is 0 Å². The lowest BCUT2D eigenvalue weighted by atomic mass is 10.0. The molecule has 0 saturated carbocycles. The van der Waals surface area contributed by atoms with Gasteiger partial charge in [0.2, 0.25) is 0 Å². The van der Waals surface area contributed by atoms with E-state index in [1.807, 2.05) is 42.5 Å². The number of halogens is 2. The first-order valence-corrected chi connectivity index (χ1v) is 11.8. The fourth-order valence-corrected chi connectivity index (χ4v) is 4.33. The Balaban J connectivity index is 1.35. The summed E-state index contributed by atoms with van der Waals surface area (Å²) in [5.41, 5.74) is 11.3. The molecule has 5 aromatic rings. The molecule has 36 heavy (non-hydrogen) atoms. The fourth-order valence-electron chi connectivity index (χ4n) is 3.80. The van der Waals surface area contributed by atoms with Crippen LogP contribution in [-0.2, 0) is 19.8 Å². The number of rotatable bonds is 8. The Bertz CT molecular complexity index is 1540. The molecule has 0 bridgehead atoms. The van der Waals surface area contributed by atoms with Gasteiger partial charge in [0.25, 0.3) is 0 Å². The summed E-state index contributed by atoms with van der Waals surface area (Å²) in [6.45, 7) is 0.719. The Morgan fingerprint density at radius 1 is 0.806 bits per heavy atom. The highest BCUT2D eigenvalue weighted by Gasteiger charge is 2.14. The van der Waals surface area contributed by atoms with Crippen molar-refractivity contribution in [1.29, 1.82) is 0 Å². The highest BCUT2D eigenvalue weighted by atomic mass is 35.5. The van der Waals surface area contributed by atoms with Gasteiger partial charge in [-0.15, -0.1) is 0 Å². The Morgan fingerprint density at radius 3 is 2.44 bits per heavy atom. The summed E-state index contributed by atoms with van der Waals surface area (Å²) >= 11 is 13.2. The average molecular weight is 522 g/mol. The zero-order valence-corrected chi connectivity index (χ0v) is 20.5. The molecule has 0 atom stereocenters. The Morgan fingerprint density at radius 2 is 1.61 bits per heavy atom. The molecule has 5 rings (SSSR count). The summed E-state index contributed by atoms with van der Waals surface area (Å²) in [7, 11) is 0. The van der Waals surface area contributed by atoms with E-state index in [-0.39, 0.29) is 25.5 Å². The molecule has 182 valence electrons. The molecule has 0 unspecified atom stereocenters. The smallest absolute Gasteiger partial charge is 0.142 e. The predicted molar refractivity (Wildman–Crippen MR) is 138 cm³/mol. The number of nitrogens with zero attached hydrogens (tertiary/aromatic N) is 2. The number of benzene rings is 4. The van der Waals surface area contributed by atoms with Crippen LogP contribution in [0.25, 0.3) is 22.2 Å². The predicted octanol–water partition coefficient (Wildman–Crippen LogP) is 6.52. The number of hydrogen-bond donors (Lipinski definition) is 2. The van der Waals surface area contributed by atoms with E-state index in [9.17, 15) is 5.11 Å². The maximum Gasteiger partial charge on any atom is 0.142 e. The van der Waals surface area contributed by atoms with E-state index < -0.39 is 0 Å². The Labute approximate surface area is 216 Å². The molecule has 3 N–H and O–H groups in total. The second kappa shape index (κ2) is 10.5. The molecule has 1 aromatic heterocycles. The van der Waals surface area contributed by atoms with Crippen LogP contribution in [0, 0.1) is 0 Å². The molecule has 0 fully saturated rings. The van der Waals surface area contributed by atoms with Gasteiger partial charge in [-0.1, -0.05) is 59.6 Å². The second-order valence-electron chi connectivity index (χ2n) is 8.09. The van der Waals surface area contributed by atoms with Crippen molar-refractivity contribution in [3.8, 4) is 28.4 Å². The standard InChI is InChI=1S/C27H21Cl2N3O4/c28-22-11-19(13-30)25(34-14-16-7-8-23-24(9-16)32-36-31-23)12-26(22)35-15-18-4-2-6-21(27(18)29)17-3-1-5-20(33)10-17/h1-12,33H,13-15,30H2. The first kappa shape index (κ1) is 23.9. The normalized spacial score (nSPS) is 11.1. The molecule has 0 amide bonds. The molecule has 0 saturated heterocycles. The van der Waals surface area contributed by atoms with Gasteiger partial charge in [-0.3, -0.25) is 0 Å². The number of aromatic hydroxyl groups is 1. The zero-order valence-electron chi connectivity index (χ0n) is 18.9. The summed E-state index contributed by atoms with van der Waals surface area (Å²) in [4.78, 5) is 0. The van der Waals surface area contributed by atoms with Crippen molar-refractivity contribution >= 4 is 34.2 Å². The van der Waals surface area contributed by atoms with Gasteiger partial charge in [0.05, 0.1) is 10.0 Å². The molecular weight excluding hydrogens is 501 g/mol. The lowest BCUT2D eigenvalue weighted by Gasteiger charge is -2.16. The lowest BCUT2D eigenvalue weighted by molar-refractivity contribution is 0.288. The molecule has 1 heterocycles. The van der Waals surface area contributed by atoms with Crippen molar-refractivity contribution in [1.82, 2.24) is 10.3 Å². The minimum absolute atomic E-state index is 0.169. The number of nitrogens with two attached hydrogens (primary N) is 1. The molecule has 0 aliphatic heterocycles. The topological polar surface area (TPSA) is 104 Å². The van der Waals surface area contributed by atoms with Crippen LogP contribution in [0.4, 0.5) is 0 Å². The third-order valence-electron chi connectivity index (χ3n) is 5.67. The van der Waals surface area contributed by atoms with Gasteiger partial charge < -0.3 is 20.3 Å². The minimum atomic E-state index is 0.169. The van der Waals surface area contributed by atoms with Crippen molar-refractivity contribution in [3.05, 3.63) is 99.5 Å². The molecule has 4 aromatic carbocycles. The van der Waals surface area contributed by atoms with Crippen molar-refractivity contribution in [3.63, 3.8) is 0 Å². The van der Waals surface area contributed by atoms with Crippen LogP contribution < -0.4 is 15.2 Å². The highest BCUT2D eigenvalue weighted by Crippen LogP contribution is 2.36. The zero-order chi connectivity index (χ0) is 25.1. The van der Waals surface area contributed by atoms with Crippen LogP contribution in [0.15, 0.2) is 77.4 Å². The summed E-state index contributed by atoms with van der Waals surface area (Å²) < 4.78 is 16.8. The van der Waals surface area contributed by atoms with Gasteiger partial charge in [-0.25, -0.2) is 4.63 Å². The highest BCUT2D eigenvalue weighted by molar-refractivity contribution is 6.34. The van der Waals surface area contributed by atoms with Crippen LogP contribution in [-0.4, -0.2) is 15.4 Å². The fraction of sp³-hybridized carbons (Fsp3) is 0.111. The molecule has 0 aliphatic rings. The number of phenolic OH excluding ortho intramolecular Hbond substituents is 1. The summed E-state index contributed by atoms with van der Waals surface area (Å²) in [5, 5.41) is 18.4. The minimum Gasteiger partial charge on any atom is -0.508 e. The van der Waals surface area contributed by atoms with E-state index in [0.717, 1.165) is 27.8 Å². The van der Waals surface area contributed by atoms with Crippen LogP contribution in [0.1, 0.15) is 16.7 Å².